The molecule has 0 unspecified atom stereocenters. The maximum Gasteiger partial charge on any atom is 0.315 e. The van der Waals surface area contributed by atoms with Gasteiger partial charge in [0.15, 0.2) is 5.75 Å². The molecular weight excluding hydrogens is 276 g/mol. The molecule has 0 bridgehead atoms. The van der Waals surface area contributed by atoms with Crippen LogP contribution in [0.3, 0.4) is 0 Å². The highest BCUT2D eigenvalue weighted by Crippen LogP contribution is 2.27. The van der Waals surface area contributed by atoms with Crippen LogP contribution in [-0.4, -0.2) is 22.2 Å². The molecule has 0 atom stereocenters. The highest BCUT2D eigenvalue weighted by molar-refractivity contribution is 5.49. The van der Waals surface area contributed by atoms with Crippen LogP contribution in [0.2, 0.25) is 0 Å². The van der Waals surface area contributed by atoms with E-state index in [1.165, 1.54) is 13.2 Å². The summed E-state index contributed by atoms with van der Waals surface area (Å²) in [6, 6.07) is 5.03. The van der Waals surface area contributed by atoms with E-state index in [0.717, 1.165) is 0 Å². The Kier molecular flexibility index (Phi) is 4.36. The summed E-state index contributed by atoms with van der Waals surface area (Å²) in [5.74, 6) is 0.914. The zero-order chi connectivity index (χ0) is 15.4. The summed E-state index contributed by atoms with van der Waals surface area (Å²) in [4.78, 5) is 10.5. The molecule has 8 heteroatoms. The Bertz CT molecular complexity index is 639. The molecule has 0 amide bonds. The Morgan fingerprint density at radius 3 is 2.76 bits per heavy atom. The Balaban J connectivity index is 2.09. The van der Waals surface area contributed by atoms with Gasteiger partial charge in [0.05, 0.1) is 12.0 Å². The number of benzene rings is 1. The van der Waals surface area contributed by atoms with Gasteiger partial charge in [-0.25, -0.2) is 0 Å². The zero-order valence-electron chi connectivity index (χ0n) is 12.0. The third-order valence-electron chi connectivity index (χ3n) is 2.82. The van der Waals surface area contributed by atoms with Gasteiger partial charge in [0.2, 0.25) is 5.89 Å². The summed E-state index contributed by atoms with van der Waals surface area (Å²) >= 11 is 0. The van der Waals surface area contributed by atoms with Crippen molar-refractivity contribution >= 4 is 11.7 Å². The largest absolute Gasteiger partial charge is 0.490 e. The molecule has 2 aromatic rings. The molecule has 0 aliphatic carbocycles. The van der Waals surface area contributed by atoms with Crippen LogP contribution >= 0.6 is 0 Å². The molecule has 0 aliphatic rings. The number of methoxy groups -OCH3 is 1. The number of rotatable bonds is 6. The van der Waals surface area contributed by atoms with Crippen LogP contribution in [0.1, 0.15) is 31.2 Å². The summed E-state index contributed by atoms with van der Waals surface area (Å²) in [7, 11) is 1.39. The maximum absolute atomic E-state index is 10.9. The molecule has 112 valence electrons. The summed E-state index contributed by atoms with van der Waals surface area (Å²) in [6.07, 6.45) is 0. The van der Waals surface area contributed by atoms with E-state index in [0.29, 0.717) is 18.0 Å². The van der Waals surface area contributed by atoms with Crippen LogP contribution in [0.15, 0.2) is 22.6 Å². The van der Waals surface area contributed by atoms with E-state index in [1.54, 1.807) is 12.1 Å². The fourth-order valence-corrected chi connectivity index (χ4v) is 1.71. The number of nitrogens with one attached hydrogen (secondary N) is 1. The Morgan fingerprint density at radius 1 is 1.43 bits per heavy atom. The standard InChI is InChI=1S/C13H16N4O4/c1-8(2)12-15-16-13(21-12)14-7-9-4-5-11(20-3)10(6-9)17(18)19/h4-6,8H,7H2,1-3H3,(H,14,16). The van der Waals surface area contributed by atoms with Crippen molar-refractivity contribution in [3.8, 4) is 5.75 Å². The molecular formula is C13H16N4O4. The van der Waals surface area contributed by atoms with Crippen molar-refractivity contribution in [2.75, 3.05) is 12.4 Å². The van der Waals surface area contributed by atoms with Crippen LogP contribution in [0.5, 0.6) is 5.75 Å². The fraction of sp³-hybridized carbons (Fsp3) is 0.385. The monoisotopic (exact) mass is 292 g/mol. The first-order valence-corrected chi connectivity index (χ1v) is 6.40. The zero-order valence-corrected chi connectivity index (χ0v) is 12.0. The first-order valence-electron chi connectivity index (χ1n) is 6.40. The number of ether oxygens (including phenoxy) is 1. The molecule has 21 heavy (non-hydrogen) atoms. The van der Waals surface area contributed by atoms with E-state index in [2.05, 4.69) is 15.5 Å². The Hall–Kier alpha value is -2.64. The normalized spacial score (nSPS) is 10.7. The van der Waals surface area contributed by atoms with Gasteiger partial charge in [-0.3, -0.25) is 10.1 Å². The van der Waals surface area contributed by atoms with Gasteiger partial charge < -0.3 is 14.5 Å². The summed E-state index contributed by atoms with van der Waals surface area (Å²) in [5, 5.41) is 21.6. The smallest absolute Gasteiger partial charge is 0.315 e. The summed E-state index contributed by atoms with van der Waals surface area (Å²) < 4.78 is 10.3. The summed E-state index contributed by atoms with van der Waals surface area (Å²) in [6.45, 7) is 4.23. The van der Waals surface area contributed by atoms with E-state index in [1.807, 2.05) is 13.8 Å². The van der Waals surface area contributed by atoms with Crippen molar-refractivity contribution in [3.05, 3.63) is 39.8 Å². The van der Waals surface area contributed by atoms with E-state index >= 15 is 0 Å². The van der Waals surface area contributed by atoms with Gasteiger partial charge in [-0.2, -0.15) is 0 Å². The highest BCUT2D eigenvalue weighted by Gasteiger charge is 2.15. The lowest BCUT2D eigenvalue weighted by Crippen LogP contribution is -2.01. The first-order chi connectivity index (χ1) is 10.0. The topological polar surface area (TPSA) is 103 Å². The lowest BCUT2D eigenvalue weighted by Gasteiger charge is -2.05. The minimum Gasteiger partial charge on any atom is -0.490 e. The molecule has 0 saturated heterocycles. The number of hydrogen-bond acceptors (Lipinski definition) is 7. The molecule has 1 aromatic carbocycles. The van der Waals surface area contributed by atoms with Crippen molar-refractivity contribution in [3.63, 3.8) is 0 Å². The van der Waals surface area contributed by atoms with Gasteiger partial charge in [-0.1, -0.05) is 25.0 Å². The minimum absolute atomic E-state index is 0.0785. The van der Waals surface area contributed by atoms with Gasteiger partial charge in [-0.15, -0.1) is 5.10 Å². The third-order valence-corrected chi connectivity index (χ3v) is 2.82. The van der Waals surface area contributed by atoms with Crippen LogP contribution < -0.4 is 10.1 Å². The number of hydrogen-bond donors (Lipinski definition) is 1. The second-order valence-corrected chi connectivity index (χ2v) is 4.72. The Labute approximate surface area is 121 Å². The lowest BCUT2D eigenvalue weighted by molar-refractivity contribution is -0.385. The number of nitrogens with zero attached hydrogens (tertiary/aromatic N) is 3. The lowest BCUT2D eigenvalue weighted by atomic mass is 10.2. The quantitative estimate of drug-likeness (QED) is 0.644. The average molecular weight is 292 g/mol. The average Bonchev–Trinajstić information content (AvgIpc) is 2.94. The SMILES string of the molecule is COc1ccc(CNc2nnc(C(C)C)o2)cc1[N+](=O)[O-]. The summed E-state index contributed by atoms with van der Waals surface area (Å²) in [5.41, 5.74) is 0.636. The molecule has 0 aliphatic heterocycles. The van der Waals surface area contributed by atoms with Gasteiger partial charge >= 0.3 is 11.7 Å². The van der Waals surface area contributed by atoms with Crippen LogP contribution in [0.25, 0.3) is 0 Å². The molecule has 0 radical (unpaired) electrons. The Morgan fingerprint density at radius 2 is 2.19 bits per heavy atom. The molecule has 2 rings (SSSR count). The molecule has 0 spiro atoms. The van der Waals surface area contributed by atoms with E-state index < -0.39 is 4.92 Å². The predicted octanol–water partition coefficient (Wildman–Crippen LogP) is 2.72. The number of anilines is 1. The number of aromatic nitrogens is 2. The van der Waals surface area contributed by atoms with Gasteiger partial charge in [-0.05, 0) is 11.6 Å². The van der Waals surface area contributed by atoms with Crippen molar-refractivity contribution < 1.29 is 14.1 Å². The van der Waals surface area contributed by atoms with Crippen LogP contribution in [0, 0.1) is 10.1 Å². The van der Waals surface area contributed by atoms with Crippen molar-refractivity contribution in [1.82, 2.24) is 10.2 Å². The van der Waals surface area contributed by atoms with E-state index in [-0.39, 0.29) is 23.4 Å². The molecule has 0 saturated carbocycles. The molecule has 8 nitrogen and oxygen atoms in total. The van der Waals surface area contributed by atoms with E-state index in [9.17, 15) is 10.1 Å². The van der Waals surface area contributed by atoms with Crippen molar-refractivity contribution in [1.29, 1.82) is 0 Å². The second-order valence-electron chi connectivity index (χ2n) is 4.72. The fourth-order valence-electron chi connectivity index (χ4n) is 1.71. The van der Waals surface area contributed by atoms with Crippen LogP contribution in [-0.2, 0) is 6.54 Å². The first kappa shape index (κ1) is 14.8. The van der Waals surface area contributed by atoms with Crippen molar-refractivity contribution in [2.24, 2.45) is 0 Å². The number of nitro groups is 1. The van der Waals surface area contributed by atoms with Crippen LogP contribution in [0.4, 0.5) is 11.7 Å². The highest BCUT2D eigenvalue weighted by atomic mass is 16.6. The molecule has 0 fully saturated rings. The minimum atomic E-state index is -0.480. The molecule has 1 N–H and O–H groups in total. The van der Waals surface area contributed by atoms with Gasteiger partial charge in [0.1, 0.15) is 0 Å². The third kappa shape index (κ3) is 3.47. The van der Waals surface area contributed by atoms with Gasteiger partial charge in [0, 0.05) is 18.5 Å². The second kappa shape index (κ2) is 6.21. The maximum atomic E-state index is 10.9. The van der Waals surface area contributed by atoms with Crippen molar-refractivity contribution in [2.45, 2.75) is 26.3 Å². The number of nitro benzene ring substituents is 1. The van der Waals surface area contributed by atoms with E-state index in [4.69, 9.17) is 9.15 Å². The van der Waals surface area contributed by atoms with Gasteiger partial charge in [0.25, 0.3) is 0 Å². The molecule has 1 heterocycles. The molecule has 1 aromatic heterocycles. The predicted molar refractivity (Wildman–Crippen MR) is 75.4 cm³/mol.